The van der Waals surface area contributed by atoms with Crippen LogP contribution in [0.4, 0.5) is 0 Å². The fourth-order valence-electron chi connectivity index (χ4n) is 3.22. The van der Waals surface area contributed by atoms with Crippen LogP contribution in [0.2, 0.25) is 0 Å². The molecule has 1 fully saturated rings. The van der Waals surface area contributed by atoms with E-state index in [1.54, 1.807) is 0 Å². The number of hydrogen-bond donors (Lipinski definition) is 2. The lowest BCUT2D eigenvalue weighted by Gasteiger charge is -2.16. The molecule has 1 aliphatic rings. The van der Waals surface area contributed by atoms with E-state index in [2.05, 4.69) is 48.5 Å². The molecule has 1 saturated heterocycles. The van der Waals surface area contributed by atoms with Crippen LogP contribution in [0.3, 0.4) is 0 Å². The van der Waals surface area contributed by atoms with E-state index < -0.39 is 0 Å². The highest BCUT2D eigenvalue weighted by Crippen LogP contribution is 2.18. The predicted molar refractivity (Wildman–Crippen MR) is 114 cm³/mol. The van der Waals surface area contributed by atoms with Crippen molar-refractivity contribution in [1.82, 2.24) is 15.5 Å². The number of aliphatic imine (C=N–C) groups is 1. The van der Waals surface area contributed by atoms with Gasteiger partial charge in [-0.15, -0.1) is 0 Å². The molecule has 6 nitrogen and oxygen atoms in total. The van der Waals surface area contributed by atoms with E-state index in [0.29, 0.717) is 25.5 Å². The molecule has 28 heavy (non-hydrogen) atoms. The fourth-order valence-corrected chi connectivity index (χ4v) is 3.22. The lowest BCUT2D eigenvalue weighted by Crippen LogP contribution is -2.39. The highest BCUT2D eigenvalue weighted by molar-refractivity contribution is 5.80. The van der Waals surface area contributed by atoms with E-state index in [1.807, 2.05) is 23.1 Å². The van der Waals surface area contributed by atoms with Crippen molar-refractivity contribution < 1.29 is 9.53 Å². The lowest BCUT2D eigenvalue weighted by atomic mass is 10.1. The van der Waals surface area contributed by atoms with Gasteiger partial charge in [-0.1, -0.05) is 44.2 Å². The van der Waals surface area contributed by atoms with Gasteiger partial charge in [-0.2, -0.15) is 0 Å². The molecule has 156 valence electrons. The Bertz CT molecular complexity index is 604. The first-order valence-corrected chi connectivity index (χ1v) is 10.5. The van der Waals surface area contributed by atoms with Gasteiger partial charge in [0.15, 0.2) is 5.96 Å². The van der Waals surface area contributed by atoms with Gasteiger partial charge in [0.05, 0.1) is 6.61 Å². The maximum Gasteiger partial charge on any atom is 0.223 e. The molecule has 0 radical (unpaired) electrons. The topological polar surface area (TPSA) is 66.0 Å². The second-order valence-electron chi connectivity index (χ2n) is 7.76. The van der Waals surface area contributed by atoms with Gasteiger partial charge in [-0.05, 0) is 24.8 Å². The van der Waals surface area contributed by atoms with Gasteiger partial charge in [-0.3, -0.25) is 9.79 Å². The number of carbonyl (C=O) groups is 1. The highest BCUT2D eigenvalue weighted by Gasteiger charge is 2.28. The number of ether oxygens (including phenoxy) is 1. The Morgan fingerprint density at radius 3 is 2.79 bits per heavy atom. The first kappa shape index (κ1) is 22.2. The number of hydrogen-bond acceptors (Lipinski definition) is 3. The average molecular weight is 389 g/mol. The molecule has 1 atom stereocenters. The number of rotatable bonds is 11. The van der Waals surface area contributed by atoms with Crippen LogP contribution in [0.5, 0.6) is 0 Å². The maximum atomic E-state index is 12.3. The third-order valence-electron chi connectivity index (χ3n) is 4.65. The Labute approximate surface area is 169 Å². The summed E-state index contributed by atoms with van der Waals surface area (Å²) in [4.78, 5) is 19.0. The molecule has 0 saturated carbocycles. The first-order valence-electron chi connectivity index (χ1n) is 10.5. The summed E-state index contributed by atoms with van der Waals surface area (Å²) in [6.07, 6.45) is 1.50. The minimum Gasteiger partial charge on any atom is -0.379 e. The third-order valence-corrected chi connectivity index (χ3v) is 4.65. The number of nitrogens with one attached hydrogen (secondary N) is 2. The van der Waals surface area contributed by atoms with Gasteiger partial charge in [0.2, 0.25) is 5.91 Å². The summed E-state index contributed by atoms with van der Waals surface area (Å²) >= 11 is 0. The summed E-state index contributed by atoms with van der Waals surface area (Å²) < 4.78 is 5.60. The molecular formula is C22H36N4O2. The minimum atomic E-state index is 0.246. The second-order valence-corrected chi connectivity index (χ2v) is 7.76. The number of benzene rings is 1. The molecular weight excluding hydrogens is 352 g/mol. The smallest absolute Gasteiger partial charge is 0.223 e. The van der Waals surface area contributed by atoms with Gasteiger partial charge in [-0.25, -0.2) is 0 Å². The molecule has 1 aliphatic heterocycles. The van der Waals surface area contributed by atoms with E-state index in [-0.39, 0.29) is 11.8 Å². The third kappa shape index (κ3) is 8.30. The largest absolute Gasteiger partial charge is 0.379 e. The molecule has 0 aromatic heterocycles. The first-order chi connectivity index (χ1) is 13.6. The molecule has 0 spiro atoms. The molecule has 1 heterocycles. The molecule has 1 aromatic carbocycles. The minimum absolute atomic E-state index is 0.246. The quantitative estimate of drug-likeness (QED) is 0.347. The summed E-state index contributed by atoms with van der Waals surface area (Å²) in [5, 5.41) is 6.56. The standard InChI is InChI=1S/C22H36N4O2/c1-4-23-22(24-11-13-28-17-18(2)3)25-15-20-14-21(27)26(16-20)12-10-19-8-6-5-7-9-19/h5-9,18,20H,4,10-17H2,1-3H3,(H2,23,24,25). The molecule has 0 bridgehead atoms. The molecule has 2 N–H and O–H groups in total. The van der Waals surface area contributed by atoms with Crippen molar-refractivity contribution in [2.24, 2.45) is 16.8 Å². The number of carbonyl (C=O) groups excluding carboxylic acids is 1. The van der Waals surface area contributed by atoms with E-state index in [0.717, 1.165) is 45.2 Å². The molecule has 1 aromatic rings. The lowest BCUT2D eigenvalue weighted by molar-refractivity contribution is -0.127. The second kappa shape index (κ2) is 12.4. The summed E-state index contributed by atoms with van der Waals surface area (Å²) in [6.45, 7) is 11.6. The van der Waals surface area contributed by atoms with Crippen molar-refractivity contribution in [2.45, 2.75) is 33.6 Å². The van der Waals surface area contributed by atoms with E-state index in [1.165, 1.54) is 5.56 Å². The number of nitrogens with zero attached hydrogens (tertiary/aromatic N) is 2. The summed E-state index contributed by atoms with van der Waals surface area (Å²) in [7, 11) is 0. The summed E-state index contributed by atoms with van der Waals surface area (Å²) in [5.74, 6) is 1.88. The maximum absolute atomic E-state index is 12.3. The average Bonchev–Trinajstić information content (AvgIpc) is 3.04. The zero-order chi connectivity index (χ0) is 20.2. The van der Waals surface area contributed by atoms with Gasteiger partial charge in [0.1, 0.15) is 0 Å². The summed E-state index contributed by atoms with van der Waals surface area (Å²) in [5.41, 5.74) is 1.27. The van der Waals surface area contributed by atoms with Crippen molar-refractivity contribution in [1.29, 1.82) is 0 Å². The molecule has 0 aliphatic carbocycles. The monoisotopic (exact) mass is 388 g/mol. The number of likely N-dealkylation sites (tertiary alicyclic amines) is 1. The Hall–Kier alpha value is -2.08. The van der Waals surface area contributed by atoms with E-state index in [4.69, 9.17) is 4.74 Å². The van der Waals surface area contributed by atoms with Crippen LogP contribution >= 0.6 is 0 Å². The van der Waals surface area contributed by atoms with E-state index in [9.17, 15) is 4.79 Å². The SMILES string of the molecule is CCNC(=NCC1CC(=O)N(CCc2ccccc2)C1)NCCOCC(C)C. The normalized spacial score (nSPS) is 17.4. The summed E-state index contributed by atoms with van der Waals surface area (Å²) in [6, 6.07) is 10.3. The zero-order valence-electron chi connectivity index (χ0n) is 17.6. The zero-order valence-corrected chi connectivity index (χ0v) is 17.6. The Morgan fingerprint density at radius 1 is 1.29 bits per heavy atom. The van der Waals surface area contributed by atoms with Crippen molar-refractivity contribution in [3.05, 3.63) is 35.9 Å². The van der Waals surface area contributed by atoms with Crippen molar-refractivity contribution >= 4 is 11.9 Å². The Morgan fingerprint density at radius 2 is 2.07 bits per heavy atom. The van der Waals surface area contributed by atoms with Gasteiger partial charge >= 0.3 is 0 Å². The highest BCUT2D eigenvalue weighted by atomic mass is 16.5. The van der Waals surface area contributed by atoms with Gasteiger partial charge in [0, 0.05) is 51.7 Å². The molecule has 6 heteroatoms. The van der Waals surface area contributed by atoms with Crippen LogP contribution in [0.25, 0.3) is 0 Å². The van der Waals surface area contributed by atoms with Crippen LogP contribution in [0.15, 0.2) is 35.3 Å². The Balaban J connectivity index is 1.73. The van der Waals surface area contributed by atoms with E-state index >= 15 is 0 Å². The van der Waals surface area contributed by atoms with Crippen LogP contribution in [0.1, 0.15) is 32.8 Å². The van der Waals surface area contributed by atoms with Crippen LogP contribution in [0, 0.1) is 11.8 Å². The van der Waals surface area contributed by atoms with Gasteiger partial charge < -0.3 is 20.3 Å². The fraction of sp³-hybridized carbons (Fsp3) is 0.636. The van der Waals surface area contributed by atoms with Crippen LogP contribution in [-0.4, -0.2) is 62.7 Å². The van der Waals surface area contributed by atoms with Gasteiger partial charge in [0.25, 0.3) is 0 Å². The molecule has 2 rings (SSSR count). The Kier molecular flexibility index (Phi) is 9.83. The van der Waals surface area contributed by atoms with Crippen molar-refractivity contribution in [2.75, 3.05) is 45.9 Å². The number of guanidine groups is 1. The molecule has 1 unspecified atom stereocenters. The van der Waals surface area contributed by atoms with Crippen LogP contribution < -0.4 is 10.6 Å². The van der Waals surface area contributed by atoms with Crippen molar-refractivity contribution in [3.8, 4) is 0 Å². The van der Waals surface area contributed by atoms with Crippen molar-refractivity contribution in [3.63, 3.8) is 0 Å². The van der Waals surface area contributed by atoms with Crippen LogP contribution in [-0.2, 0) is 16.0 Å². The predicted octanol–water partition coefficient (Wildman–Crippen LogP) is 2.31. The number of amides is 1. The molecule has 1 amide bonds.